The summed E-state index contributed by atoms with van der Waals surface area (Å²) >= 11 is 0. The van der Waals surface area contributed by atoms with Gasteiger partial charge in [-0.05, 0) is 13.8 Å². The zero-order valence-corrected chi connectivity index (χ0v) is 19.9. The third kappa shape index (κ3) is 6.78. The Morgan fingerprint density at radius 1 is 1.24 bits per heavy atom. The van der Waals surface area contributed by atoms with E-state index in [4.69, 9.17) is 14.5 Å². The molecule has 2 rings (SSSR count). The van der Waals surface area contributed by atoms with E-state index in [0.717, 1.165) is 6.92 Å². The highest BCUT2D eigenvalue weighted by molar-refractivity contribution is 7.66. The number of rotatable bonds is 9. The number of ether oxygens (including phenoxy) is 1. The maximum atomic E-state index is 12.2. The van der Waals surface area contributed by atoms with Crippen molar-refractivity contribution in [1.29, 1.82) is 0 Å². The maximum Gasteiger partial charge on any atom is 0.490 e. The van der Waals surface area contributed by atoms with Gasteiger partial charge in [-0.3, -0.25) is 14.3 Å². The first kappa shape index (κ1) is 28.7. The summed E-state index contributed by atoms with van der Waals surface area (Å²) in [5.41, 5.74) is -4.37. The SMILES string of the molecule is CC#CC1(O)C(CO)[C@@H]([C@@H](C)OP(=O)(O)OP(=O)(O)OP(=O)(O)O)O[C@H]1n1ncc(=O)[nH]c1=O. The van der Waals surface area contributed by atoms with Crippen molar-refractivity contribution in [3.05, 3.63) is 27.0 Å². The Balaban J connectivity index is 2.38. The predicted octanol–water partition coefficient (Wildman–Crippen LogP) is -2.08. The first-order chi connectivity index (χ1) is 15.4. The van der Waals surface area contributed by atoms with Gasteiger partial charge < -0.3 is 34.5 Å². The Labute approximate surface area is 189 Å². The van der Waals surface area contributed by atoms with Gasteiger partial charge in [0.05, 0.1) is 24.7 Å². The molecule has 0 amide bonds. The zero-order valence-electron chi connectivity index (χ0n) is 17.2. The van der Waals surface area contributed by atoms with Crippen molar-refractivity contribution in [2.24, 2.45) is 5.92 Å². The maximum absolute atomic E-state index is 12.2. The third-order valence-corrected chi connectivity index (χ3v) is 8.21. The normalized spacial score (nSPS) is 29.5. The average molecular weight is 551 g/mol. The van der Waals surface area contributed by atoms with Crippen molar-refractivity contribution in [3.63, 3.8) is 0 Å². The van der Waals surface area contributed by atoms with Crippen LogP contribution in [-0.4, -0.2) is 69.0 Å². The predicted molar refractivity (Wildman–Crippen MR) is 106 cm³/mol. The second-order valence-corrected chi connectivity index (χ2v) is 11.1. The minimum atomic E-state index is -5.81. The van der Waals surface area contributed by atoms with E-state index in [1.807, 2.05) is 4.98 Å². The molecule has 1 aromatic heterocycles. The number of nitrogens with one attached hydrogen (secondary N) is 1. The minimum absolute atomic E-state index is 0.492. The fraction of sp³-hybridized carbons (Fsp3) is 0.615. The van der Waals surface area contributed by atoms with Crippen LogP contribution in [-0.2, 0) is 31.6 Å². The van der Waals surface area contributed by atoms with Crippen LogP contribution in [0, 0.1) is 17.8 Å². The summed E-state index contributed by atoms with van der Waals surface area (Å²) in [6.45, 7) is 1.45. The molecular weight excluding hydrogens is 531 g/mol. The number of hydrogen-bond acceptors (Lipinski definition) is 12. The highest BCUT2D eigenvalue weighted by atomic mass is 31.3. The molecule has 192 valence electrons. The molecule has 7 N–H and O–H groups in total. The molecule has 0 saturated carbocycles. The molecule has 2 heterocycles. The lowest BCUT2D eigenvalue weighted by atomic mass is 9.84. The molecule has 7 atom stereocenters. The number of aromatic nitrogens is 3. The molecule has 0 spiro atoms. The van der Waals surface area contributed by atoms with E-state index in [1.165, 1.54) is 6.92 Å². The summed E-state index contributed by atoms with van der Waals surface area (Å²) in [5, 5.41) is 24.5. The highest BCUT2D eigenvalue weighted by Gasteiger charge is 2.59. The van der Waals surface area contributed by atoms with Crippen LogP contribution in [0.2, 0.25) is 0 Å². The van der Waals surface area contributed by atoms with Crippen molar-refractivity contribution in [2.45, 2.75) is 37.9 Å². The van der Waals surface area contributed by atoms with Crippen LogP contribution in [0.4, 0.5) is 0 Å². The Bertz CT molecular complexity index is 1230. The number of phosphoric acid groups is 3. The van der Waals surface area contributed by atoms with Crippen molar-refractivity contribution < 1.29 is 61.4 Å². The van der Waals surface area contributed by atoms with E-state index >= 15 is 0 Å². The smallest absolute Gasteiger partial charge is 0.396 e. The summed E-state index contributed by atoms with van der Waals surface area (Å²) in [6.07, 6.45) is -4.33. The van der Waals surface area contributed by atoms with Crippen LogP contribution in [0.15, 0.2) is 15.8 Å². The molecule has 21 heteroatoms. The van der Waals surface area contributed by atoms with Gasteiger partial charge in [0, 0.05) is 0 Å². The van der Waals surface area contributed by atoms with Crippen molar-refractivity contribution in [1.82, 2.24) is 14.8 Å². The zero-order chi connectivity index (χ0) is 26.1. The minimum Gasteiger partial charge on any atom is -0.396 e. The van der Waals surface area contributed by atoms with Gasteiger partial charge in [0.25, 0.3) is 5.56 Å². The lowest BCUT2D eigenvalue weighted by Crippen LogP contribution is -2.48. The molecule has 0 radical (unpaired) electrons. The number of H-pyrrole nitrogens is 1. The standard InChI is InChI=1S/C13H20N3O15P3/c1-3-4-13(20)8(6-17)10(28-11(13)16-12(19)15-9(18)5-14-16)7(2)29-33(24,25)31-34(26,27)30-32(21,22)23/h5,7-8,10-11,17,20H,6H2,1-2H3,(H,24,25)(H,26,27)(H,15,18,19)(H2,21,22,23)/t7-,8?,10-,11-,13?/m1/s1. The second kappa shape index (κ2) is 10.2. The molecule has 1 fully saturated rings. The summed E-state index contributed by atoms with van der Waals surface area (Å²) in [6, 6.07) is 0. The molecule has 0 aromatic carbocycles. The van der Waals surface area contributed by atoms with Crippen LogP contribution in [0.3, 0.4) is 0 Å². The summed E-state index contributed by atoms with van der Waals surface area (Å²) in [7, 11) is -17.0. The van der Waals surface area contributed by atoms with Gasteiger partial charge in [0.2, 0.25) is 0 Å². The van der Waals surface area contributed by atoms with Gasteiger partial charge in [0.15, 0.2) is 11.8 Å². The molecule has 0 bridgehead atoms. The lowest BCUT2D eigenvalue weighted by Gasteiger charge is -2.29. The molecule has 1 aromatic rings. The molecule has 1 saturated heterocycles. The number of nitrogens with zero attached hydrogens (tertiary/aromatic N) is 2. The Morgan fingerprint density at radius 2 is 1.85 bits per heavy atom. The monoisotopic (exact) mass is 551 g/mol. The summed E-state index contributed by atoms with van der Waals surface area (Å²) < 4.78 is 52.3. The van der Waals surface area contributed by atoms with E-state index in [2.05, 4.69) is 30.1 Å². The van der Waals surface area contributed by atoms with Gasteiger partial charge in [0.1, 0.15) is 6.20 Å². The van der Waals surface area contributed by atoms with E-state index in [-0.39, 0.29) is 0 Å². The summed E-state index contributed by atoms with van der Waals surface area (Å²) in [5.74, 6) is 3.26. The Morgan fingerprint density at radius 3 is 2.35 bits per heavy atom. The molecule has 0 aliphatic carbocycles. The van der Waals surface area contributed by atoms with Gasteiger partial charge in [-0.1, -0.05) is 5.92 Å². The fourth-order valence-electron chi connectivity index (χ4n) is 3.16. The quantitative estimate of drug-likeness (QED) is 0.128. The van der Waals surface area contributed by atoms with Crippen molar-refractivity contribution in [3.8, 4) is 11.8 Å². The van der Waals surface area contributed by atoms with Gasteiger partial charge in [-0.15, -0.1) is 5.92 Å². The Kier molecular flexibility index (Phi) is 8.62. The first-order valence-electron chi connectivity index (χ1n) is 8.87. The summed E-state index contributed by atoms with van der Waals surface area (Å²) in [4.78, 5) is 61.5. The van der Waals surface area contributed by atoms with Crippen LogP contribution < -0.4 is 11.2 Å². The Hall–Kier alpha value is -1.54. The van der Waals surface area contributed by atoms with Gasteiger partial charge >= 0.3 is 29.2 Å². The molecule has 1 aliphatic rings. The number of hydrogen-bond donors (Lipinski definition) is 7. The van der Waals surface area contributed by atoms with Crippen molar-refractivity contribution in [2.75, 3.05) is 6.61 Å². The number of phosphoric ester groups is 1. The van der Waals surface area contributed by atoms with Crippen LogP contribution in [0.25, 0.3) is 0 Å². The van der Waals surface area contributed by atoms with E-state index in [1.54, 1.807) is 0 Å². The van der Waals surface area contributed by atoms with E-state index < -0.39 is 71.3 Å². The van der Waals surface area contributed by atoms with Crippen LogP contribution in [0.1, 0.15) is 20.1 Å². The molecule has 4 unspecified atom stereocenters. The third-order valence-electron chi connectivity index (χ3n) is 4.28. The number of aliphatic hydroxyl groups is 2. The topological polar surface area (TPSA) is 277 Å². The van der Waals surface area contributed by atoms with Crippen molar-refractivity contribution >= 4 is 23.5 Å². The van der Waals surface area contributed by atoms with Crippen LogP contribution >= 0.6 is 23.5 Å². The molecule has 1 aliphatic heterocycles. The highest BCUT2D eigenvalue weighted by Crippen LogP contribution is 2.66. The van der Waals surface area contributed by atoms with Gasteiger partial charge in [-0.25, -0.2) is 18.5 Å². The van der Waals surface area contributed by atoms with Gasteiger partial charge in [-0.2, -0.15) is 18.4 Å². The second-order valence-electron chi connectivity index (χ2n) is 6.73. The lowest BCUT2D eigenvalue weighted by molar-refractivity contribution is -0.0933. The van der Waals surface area contributed by atoms with E-state index in [0.29, 0.717) is 10.9 Å². The van der Waals surface area contributed by atoms with Crippen LogP contribution in [0.5, 0.6) is 0 Å². The first-order valence-corrected chi connectivity index (χ1v) is 13.4. The molecule has 18 nitrogen and oxygen atoms in total. The fourth-order valence-corrected chi connectivity index (χ4v) is 6.36. The largest absolute Gasteiger partial charge is 0.490 e. The molecule has 34 heavy (non-hydrogen) atoms. The average Bonchev–Trinajstić information content (AvgIpc) is 2.90. The van der Waals surface area contributed by atoms with E-state index in [9.17, 15) is 43.3 Å². The number of aliphatic hydroxyl groups excluding tert-OH is 1. The molecular formula is C13H20N3O15P3. The number of aromatic amines is 1.